The van der Waals surface area contributed by atoms with E-state index in [1.54, 1.807) is 29.0 Å². The highest BCUT2D eigenvalue weighted by atomic mass is 16.5. The number of hydrogen-bond acceptors (Lipinski definition) is 11. The third kappa shape index (κ3) is 8.21. The van der Waals surface area contributed by atoms with E-state index in [4.69, 9.17) is 19.7 Å². The molecule has 2 saturated heterocycles. The Hall–Kier alpha value is -6.49. The Bertz CT molecular complexity index is 2530. The van der Waals surface area contributed by atoms with Gasteiger partial charge < -0.3 is 20.1 Å². The van der Waals surface area contributed by atoms with Crippen molar-refractivity contribution in [2.24, 2.45) is 11.8 Å². The molecule has 1 unspecified atom stereocenters. The zero-order chi connectivity index (χ0) is 42.2. The molecule has 3 aromatic heterocycles. The van der Waals surface area contributed by atoms with E-state index in [1.807, 2.05) is 24.3 Å². The minimum absolute atomic E-state index is 0.101. The van der Waals surface area contributed by atoms with E-state index in [9.17, 15) is 24.0 Å². The number of piperidine rings is 2. The van der Waals surface area contributed by atoms with Crippen LogP contribution in [0, 0.1) is 11.8 Å². The number of amides is 5. The third-order valence-electron chi connectivity index (χ3n) is 12.8. The van der Waals surface area contributed by atoms with Crippen molar-refractivity contribution >= 4 is 58.2 Å². The van der Waals surface area contributed by atoms with Gasteiger partial charge in [-0.1, -0.05) is 6.07 Å². The first-order valence-electron chi connectivity index (χ1n) is 21.1. The third-order valence-corrected chi connectivity index (χ3v) is 12.8. The Morgan fingerprint density at radius 1 is 0.934 bits per heavy atom. The number of nitrogens with one attached hydrogen (secondary N) is 2. The number of imide groups is 2. The van der Waals surface area contributed by atoms with Crippen molar-refractivity contribution in [2.75, 3.05) is 31.6 Å². The number of ether oxygens (including phenoxy) is 1. The Balaban J connectivity index is 0.00000154. The summed E-state index contributed by atoms with van der Waals surface area (Å²) >= 11 is 0. The average molecular weight is 830 g/mol. The lowest BCUT2D eigenvalue weighted by molar-refractivity contribution is -0.136. The standard InChI is InChI=1S/C43H45N9O6.CH2O2/c53-38-11-10-36(41(55)47-38)52-42(56)31-9-6-28(18-32(31)43(52)57)27-12-16-49(17-13-27)22-25-4-7-30(8-5-25)51-23-29-19-35(37(20-34(29)48-51)58-24-26-2-3-26)46-40(54)33-21-45-50-15-1-14-44-39(33)50;2-1-3/h1,6,9,14-15,18-21,23,25-27,30,36H,2-5,7-8,10-13,16-17,22,24H2,(H,46,54)(H,47,53,55);1H,(H,2,3). The van der Waals surface area contributed by atoms with Gasteiger partial charge in [-0.25, -0.2) is 9.50 Å². The molecule has 5 amide bonds. The molecular weight excluding hydrogens is 783 g/mol. The molecule has 17 nitrogen and oxygen atoms in total. The van der Waals surface area contributed by atoms with Crippen molar-refractivity contribution in [1.29, 1.82) is 0 Å². The van der Waals surface area contributed by atoms with Gasteiger partial charge in [0.05, 0.1) is 41.2 Å². The van der Waals surface area contributed by atoms with Crippen LogP contribution in [0.2, 0.25) is 0 Å². The first-order chi connectivity index (χ1) is 29.7. The summed E-state index contributed by atoms with van der Waals surface area (Å²) in [6, 6.07) is 10.6. The summed E-state index contributed by atoms with van der Waals surface area (Å²) < 4.78 is 9.94. The summed E-state index contributed by atoms with van der Waals surface area (Å²) in [7, 11) is 0. The molecule has 0 bridgehead atoms. The fourth-order valence-corrected chi connectivity index (χ4v) is 9.29. The van der Waals surface area contributed by atoms with Gasteiger partial charge in [0, 0.05) is 43.0 Å². The SMILES string of the molecule is O=C1CCC(N2C(=O)c3ccc(C4CCN(CC5CCC(n6cc7cc(NC(=O)c8cnn9cccnc89)c(OCC8CC8)cc7n6)CC5)CC4)cc3C2=O)C(=O)N1.O=CO. The van der Waals surface area contributed by atoms with E-state index in [0.717, 1.165) is 92.4 Å². The van der Waals surface area contributed by atoms with Gasteiger partial charge in [-0.2, -0.15) is 10.2 Å². The molecule has 10 rings (SSSR count). The molecule has 5 aliphatic rings. The number of benzene rings is 2. The number of carboxylic acid groups (broad SMARTS) is 1. The second-order valence-corrected chi connectivity index (χ2v) is 16.8. The van der Waals surface area contributed by atoms with Crippen LogP contribution < -0.4 is 15.4 Å². The lowest BCUT2D eigenvalue weighted by atomic mass is 9.84. The average Bonchev–Trinajstić information content (AvgIpc) is 3.76. The van der Waals surface area contributed by atoms with Gasteiger partial charge in [-0.15, -0.1) is 0 Å². The highest BCUT2D eigenvalue weighted by molar-refractivity contribution is 6.23. The topological polar surface area (TPSA) is 210 Å². The predicted molar refractivity (Wildman–Crippen MR) is 220 cm³/mol. The van der Waals surface area contributed by atoms with E-state index >= 15 is 0 Å². The molecule has 1 atom stereocenters. The summed E-state index contributed by atoms with van der Waals surface area (Å²) in [4.78, 5) is 80.4. The Labute approximate surface area is 350 Å². The van der Waals surface area contributed by atoms with Crippen LogP contribution in [0.3, 0.4) is 0 Å². The molecule has 61 heavy (non-hydrogen) atoms. The second-order valence-electron chi connectivity index (χ2n) is 16.8. The van der Waals surface area contributed by atoms with Crippen LogP contribution in [-0.4, -0.2) is 108 Å². The van der Waals surface area contributed by atoms with Crippen LogP contribution in [-0.2, 0) is 14.4 Å². The molecular formula is C44H47N9O8. The lowest BCUT2D eigenvalue weighted by Gasteiger charge is -2.37. The number of carbonyl (C=O) groups excluding carboxylic acids is 5. The normalized spacial score (nSPS) is 22.2. The highest BCUT2D eigenvalue weighted by Gasteiger charge is 2.45. The number of anilines is 1. The molecule has 3 aliphatic heterocycles. The molecule has 17 heteroatoms. The van der Waals surface area contributed by atoms with Crippen LogP contribution in [0.15, 0.2) is 61.2 Å². The fourth-order valence-electron chi connectivity index (χ4n) is 9.29. The maximum Gasteiger partial charge on any atom is 0.290 e. The van der Waals surface area contributed by atoms with Gasteiger partial charge in [0.15, 0.2) is 5.65 Å². The van der Waals surface area contributed by atoms with Gasteiger partial charge >= 0.3 is 0 Å². The summed E-state index contributed by atoms with van der Waals surface area (Å²) in [5, 5.41) is 22.4. The summed E-state index contributed by atoms with van der Waals surface area (Å²) in [5.74, 6) is -0.136. The maximum atomic E-state index is 13.4. The predicted octanol–water partition coefficient (Wildman–Crippen LogP) is 4.83. The molecule has 2 aromatic carbocycles. The number of hydrogen-bond donors (Lipinski definition) is 3. The van der Waals surface area contributed by atoms with Crippen molar-refractivity contribution in [2.45, 2.75) is 82.2 Å². The van der Waals surface area contributed by atoms with Gasteiger partial charge in [0.1, 0.15) is 17.4 Å². The van der Waals surface area contributed by atoms with Crippen LogP contribution in [0.4, 0.5) is 5.69 Å². The molecule has 5 aromatic rings. The van der Waals surface area contributed by atoms with Crippen LogP contribution in [0.25, 0.3) is 16.6 Å². The molecule has 3 N–H and O–H groups in total. The molecule has 0 spiro atoms. The first kappa shape index (κ1) is 39.9. The van der Waals surface area contributed by atoms with Crippen molar-refractivity contribution in [3.63, 3.8) is 0 Å². The molecule has 0 radical (unpaired) electrons. The Morgan fingerprint density at radius 2 is 1.69 bits per heavy atom. The second kappa shape index (κ2) is 16.9. The van der Waals surface area contributed by atoms with Crippen LogP contribution in [0.1, 0.15) is 113 Å². The van der Waals surface area contributed by atoms with Crippen molar-refractivity contribution in [3.05, 3.63) is 83.4 Å². The number of likely N-dealkylation sites (tertiary alicyclic amines) is 1. The number of aromatic nitrogens is 5. The van der Waals surface area contributed by atoms with E-state index in [2.05, 4.69) is 36.5 Å². The fraction of sp³-hybridized carbons (Fsp3) is 0.432. The van der Waals surface area contributed by atoms with E-state index in [1.165, 1.54) is 6.20 Å². The van der Waals surface area contributed by atoms with Gasteiger partial charge in [0.2, 0.25) is 11.8 Å². The highest BCUT2D eigenvalue weighted by Crippen LogP contribution is 2.39. The Morgan fingerprint density at radius 3 is 2.44 bits per heavy atom. The lowest BCUT2D eigenvalue weighted by Crippen LogP contribution is -2.54. The van der Waals surface area contributed by atoms with Gasteiger partial charge in [-0.3, -0.25) is 43.7 Å². The maximum absolute atomic E-state index is 13.4. The molecule has 6 heterocycles. The summed E-state index contributed by atoms with van der Waals surface area (Å²) in [5.41, 5.74) is 4.06. The molecule has 4 fully saturated rings. The smallest absolute Gasteiger partial charge is 0.290 e. The summed E-state index contributed by atoms with van der Waals surface area (Å²) in [6.45, 7) is 3.36. The quantitative estimate of drug-likeness (QED) is 0.128. The largest absolute Gasteiger partial charge is 0.491 e. The molecule has 2 saturated carbocycles. The van der Waals surface area contributed by atoms with Crippen molar-refractivity contribution < 1.29 is 38.6 Å². The molecule has 316 valence electrons. The molecule has 2 aliphatic carbocycles. The number of nitrogens with zero attached hydrogens (tertiary/aromatic N) is 7. The van der Waals surface area contributed by atoms with E-state index in [0.29, 0.717) is 58.3 Å². The number of carbonyl (C=O) groups is 6. The van der Waals surface area contributed by atoms with E-state index < -0.39 is 23.8 Å². The van der Waals surface area contributed by atoms with Gasteiger partial charge in [0.25, 0.3) is 24.2 Å². The summed E-state index contributed by atoms with van der Waals surface area (Å²) in [6.07, 6.45) is 15.9. The zero-order valence-corrected chi connectivity index (χ0v) is 33.6. The van der Waals surface area contributed by atoms with Crippen molar-refractivity contribution in [1.82, 2.24) is 39.5 Å². The van der Waals surface area contributed by atoms with E-state index in [-0.39, 0.29) is 37.0 Å². The Kier molecular flexibility index (Phi) is 11.0. The monoisotopic (exact) mass is 829 g/mol. The zero-order valence-electron chi connectivity index (χ0n) is 33.6. The van der Waals surface area contributed by atoms with Crippen LogP contribution >= 0.6 is 0 Å². The number of rotatable bonds is 10. The minimum atomic E-state index is -0.959. The van der Waals surface area contributed by atoms with Crippen molar-refractivity contribution in [3.8, 4) is 5.75 Å². The first-order valence-corrected chi connectivity index (χ1v) is 21.1. The number of fused-ring (bicyclic) bond motifs is 3. The van der Waals surface area contributed by atoms with Gasteiger partial charge in [-0.05, 0) is 118 Å². The van der Waals surface area contributed by atoms with Crippen LogP contribution in [0.5, 0.6) is 5.75 Å². The minimum Gasteiger partial charge on any atom is -0.491 e.